The summed E-state index contributed by atoms with van der Waals surface area (Å²) in [5, 5.41) is 11.7. The average molecular weight is 435 g/mol. The topological polar surface area (TPSA) is 115 Å². The minimum absolute atomic E-state index is 0.0885. The molecule has 0 aliphatic heterocycles. The van der Waals surface area contributed by atoms with Crippen molar-refractivity contribution in [1.82, 2.24) is 5.32 Å². The van der Waals surface area contributed by atoms with E-state index in [1.807, 2.05) is 48.5 Å². The average Bonchev–Trinajstić information content (AvgIpc) is 3.40. The molecule has 0 bridgehead atoms. The smallest absolute Gasteiger partial charge is 0.407 e. The number of carboxylic acid groups (broad SMARTS) is 1. The fourth-order valence-corrected chi connectivity index (χ4v) is 3.93. The van der Waals surface area contributed by atoms with Crippen molar-refractivity contribution in [2.24, 2.45) is 0 Å². The number of rotatable bonds is 7. The van der Waals surface area contributed by atoms with Gasteiger partial charge in [0.15, 0.2) is 0 Å². The van der Waals surface area contributed by atoms with E-state index >= 15 is 0 Å². The SMILES string of the molecule is COC(=O)c1ccc(C(CC(=O)O)NC(=O)OCC2c3ccccc3-c3ccccc32)o1. The number of hydrogen-bond acceptors (Lipinski definition) is 6. The molecule has 0 saturated heterocycles. The number of furan rings is 1. The molecule has 1 heterocycles. The van der Waals surface area contributed by atoms with E-state index in [4.69, 9.17) is 9.15 Å². The zero-order valence-electron chi connectivity index (χ0n) is 17.2. The van der Waals surface area contributed by atoms with Gasteiger partial charge in [-0.3, -0.25) is 4.79 Å². The number of alkyl carbamates (subject to hydrolysis) is 1. The molecule has 1 amide bonds. The number of benzene rings is 2. The largest absolute Gasteiger partial charge is 0.481 e. The number of ether oxygens (including phenoxy) is 2. The number of aliphatic carboxylic acids is 1. The standard InChI is InChI=1S/C24H21NO7/c1-30-23(28)21-11-10-20(32-21)19(12-22(26)27)25-24(29)31-13-18-16-8-4-2-6-14(16)15-7-3-5-9-17(15)18/h2-11,18-19H,12-13H2,1H3,(H,25,29)(H,26,27). The molecule has 2 aromatic carbocycles. The quantitative estimate of drug-likeness (QED) is 0.537. The van der Waals surface area contributed by atoms with Crippen LogP contribution in [-0.4, -0.2) is 36.9 Å². The Hall–Kier alpha value is -4.07. The van der Waals surface area contributed by atoms with Gasteiger partial charge in [-0.15, -0.1) is 0 Å². The predicted molar refractivity (Wildman–Crippen MR) is 113 cm³/mol. The summed E-state index contributed by atoms with van der Waals surface area (Å²) in [6, 6.07) is 17.7. The fourth-order valence-electron chi connectivity index (χ4n) is 3.93. The van der Waals surface area contributed by atoms with Crippen molar-refractivity contribution in [3.8, 4) is 11.1 Å². The molecular formula is C24H21NO7. The Morgan fingerprint density at radius 2 is 1.62 bits per heavy atom. The van der Waals surface area contributed by atoms with Gasteiger partial charge in [0, 0.05) is 5.92 Å². The van der Waals surface area contributed by atoms with Crippen molar-refractivity contribution in [2.45, 2.75) is 18.4 Å². The van der Waals surface area contributed by atoms with Crippen molar-refractivity contribution < 1.29 is 33.4 Å². The number of carbonyl (C=O) groups is 3. The normalized spacial score (nSPS) is 13.0. The van der Waals surface area contributed by atoms with E-state index in [9.17, 15) is 19.5 Å². The van der Waals surface area contributed by atoms with E-state index in [1.54, 1.807) is 0 Å². The third-order valence-electron chi connectivity index (χ3n) is 5.37. The molecule has 0 fully saturated rings. The monoisotopic (exact) mass is 435 g/mol. The maximum absolute atomic E-state index is 12.5. The summed E-state index contributed by atoms with van der Waals surface area (Å²) in [5.41, 5.74) is 4.34. The number of amides is 1. The van der Waals surface area contributed by atoms with Crippen LogP contribution in [0.25, 0.3) is 11.1 Å². The number of nitrogens with one attached hydrogen (secondary N) is 1. The molecule has 1 aliphatic rings. The highest BCUT2D eigenvalue weighted by Gasteiger charge is 2.30. The summed E-state index contributed by atoms with van der Waals surface area (Å²) in [6.45, 7) is 0.0885. The van der Waals surface area contributed by atoms with Gasteiger partial charge in [0.05, 0.1) is 13.5 Å². The van der Waals surface area contributed by atoms with Crippen LogP contribution in [0.4, 0.5) is 4.79 Å². The number of fused-ring (bicyclic) bond motifs is 3. The van der Waals surface area contributed by atoms with E-state index in [0.29, 0.717) is 0 Å². The lowest BCUT2D eigenvalue weighted by Gasteiger charge is -2.17. The maximum atomic E-state index is 12.5. The van der Waals surface area contributed by atoms with Gasteiger partial charge < -0.3 is 24.3 Å². The summed E-state index contributed by atoms with van der Waals surface area (Å²) in [5.74, 6) is -1.95. The molecule has 0 spiro atoms. The Labute approximate surface area is 183 Å². The van der Waals surface area contributed by atoms with Gasteiger partial charge in [-0.25, -0.2) is 9.59 Å². The second kappa shape index (κ2) is 8.97. The maximum Gasteiger partial charge on any atom is 0.407 e. The number of methoxy groups -OCH3 is 1. The van der Waals surface area contributed by atoms with E-state index in [0.717, 1.165) is 22.3 Å². The van der Waals surface area contributed by atoms with Crippen molar-refractivity contribution in [3.05, 3.63) is 83.3 Å². The highest BCUT2D eigenvalue weighted by Crippen LogP contribution is 2.44. The third kappa shape index (κ3) is 4.20. The fraction of sp³-hybridized carbons (Fsp3) is 0.208. The van der Waals surface area contributed by atoms with E-state index in [1.165, 1.54) is 19.2 Å². The first-order chi connectivity index (χ1) is 15.5. The summed E-state index contributed by atoms with van der Waals surface area (Å²) in [7, 11) is 1.20. The van der Waals surface area contributed by atoms with Crippen molar-refractivity contribution in [1.29, 1.82) is 0 Å². The number of carboxylic acids is 1. The summed E-state index contributed by atoms with van der Waals surface area (Å²) < 4.78 is 15.4. The van der Waals surface area contributed by atoms with Crippen LogP contribution in [0.3, 0.4) is 0 Å². The highest BCUT2D eigenvalue weighted by atomic mass is 16.6. The zero-order chi connectivity index (χ0) is 22.7. The van der Waals surface area contributed by atoms with Crippen molar-refractivity contribution in [3.63, 3.8) is 0 Å². The number of hydrogen-bond donors (Lipinski definition) is 2. The molecule has 1 atom stereocenters. The van der Waals surface area contributed by atoms with Gasteiger partial charge in [0.25, 0.3) is 0 Å². The molecule has 4 rings (SSSR count). The minimum atomic E-state index is -1.15. The molecule has 1 aliphatic carbocycles. The summed E-state index contributed by atoms with van der Waals surface area (Å²) >= 11 is 0. The van der Waals surface area contributed by atoms with Crippen LogP contribution in [0.5, 0.6) is 0 Å². The summed E-state index contributed by atoms with van der Waals surface area (Å²) in [6.07, 6.45) is -1.23. The molecule has 32 heavy (non-hydrogen) atoms. The van der Waals surface area contributed by atoms with Crippen LogP contribution < -0.4 is 5.32 Å². The van der Waals surface area contributed by atoms with Crippen LogP contribution in [0.2, 0.25) is 0 Å². The van der Waals surface area contributed by atoms with Crippen molar-refractivity contribution >= 4 is 18.0 Å². The van der Waals surface area contributed by atoms with Gasteiger partial charge in [-0.2, -0.15) is 0 Å². The lowest BCUT2D eigenvalue weighted by Crippen LogP contribution is -2.31. The molecule has 3 aromatic rings. The molecule has 8 heteroatoms. The van der Waals surface area contributed by atoms with Crippen LogP contribution >= 0.6 is 0 Å². The van der Waals surface area contributed by atoms with Crippen LogP contribution in [0, 0.1) is 0 Å². The summed E-state index contributed by atoms with van der Waals surface area (Å²) in [4.78, 5) is 35.4. The second-order valence-electron chi connectivity index (χ2n) is 7.31. The molecule has 2 N–H and O–H groups in total. The van der Waals surface area contributed by atoms with Crippen molar-refractivity contribution in [2.75, 3.05) is 13.7 Å². The molecule has 1 aromatic heterocycles. The molecule has 164 valence electrons. The minimum Gasteiger partial charge on any atom is -0.481 e. The third-order valence-corrected chi connectivity index (χ3v) is 5.37. The Morgan fingerprint density at radius 1 is 1.00 bits per heavy atom. The first-order valence-electron chi connectivity index (χ1n) is 9.99. The first-order valence-corrected chi connectivity index (χ1v) is 9.99. The predicted octanol–water partition coefficient (Wildman–Crippen LogP) is 4.12. The number of esters is 1. The molecule has 0 saturated carbocycles. The van der Waals surface area contributed by atoms with Crippen LogP contribution in [0.1, 0.15) is 45.8 Å². The highest BCUT2D eigenvalue weighted by molar-refractivity contribution is 5.86. The van der Waals surface area contributed by atoms with E-state index in [-0.39, 0.29) is 24.0 Å². The Bertz CT molecular complexity index is 1120. The van der Waals surface area contributed by atoms with Crippen LogP contribution in [-0.2, 0) is 14.3 Å². The Balaban J connectivity index is 1.47. The zero-order valence-corrected chi connectivity index (χ0v) is 17.2. The van der Waals surface area contributed by atoms with Gasteiger partial charge in [0.2, 0.25) is 5.76 Å². The first kappa shape index (κ1) is 21.2. The van der Waals surface area contributed by atoms with Gasteiger partial charge in [0.1, 0.15) is 18.4 Å². The lowest BCUT2D eigenvalue weighted by atomic mass is 9.98. The van der Waals surface area contributed by atoms with E-state index < -0.39 is 30.5 Å². The molecule has 0 radical (unpaired) electrons. The molecular weight excluding hydrogens is 414 g/mol. The molecule has 8 nitrogen and oxygen atoms in total. The second-order valence-corrected chi connectivity index (χ2v) is 7.31. The lowest BCUT2D eigenvalue weighted by molar-refractivity contribution is -0.137. The van der Waals surface area contributed by atoms with Gasteiger partial charge in [-0.1, -0.05) is 48.5 Å². The number of carbonyl (C=O) groups excluding carboxylic acids is 2. The Morgan fingerprint density at radius 3 is 2.22 bits per heavy atom. The van der Waals surface area contributed by atoms with E-state index in [2.05, 4.69) is 10.1 Å². The van der Waals surface area contributed by atoms with Crippen LogP contribution in [0.15, 0.2) is 65.1 Å². The van der Waals surface area contributed by atoms with Gasteiger partial charge >= 0.3 is 18.0 Å². The molecule has 1 unspecified atom stereocenters. The van der Waals surface area contributed by atoms with Gasteiger partial charge in [-0.05, 0) is 34.4 Å². The Kier molecular flexibility index (Phi) is 5.93.